The highest BCUT2D eigenvalue weighted by molar-refractivity contribution is 5.01. The Morgan fingerprint density at radius 2 is 1.67 bits per heavy atom. The number of rotatable bonds is 5. The maximum absolute atomic E-state index is 10.8. The number of aliphatic hydroxyl groups excluding tert-OH is 1. The molecule has 1 saturated heterocycles. The summed E-state index contributed by atoms with van der Waals surface area (Å²) in [5.74, 6) is 0.958. The van der Waals surface area contributed by atoms with Crippen molar-refractivity contribution in [3.63, 3.8) is 0 Å². The van der Waals surface area contributed by atoms with Crippen LogP contribution in [0.15, 0.2) is 0 Å². The molecule has 3 rings (SSSR count). The van der Waals surface area contributed by atoms with E-state index in [4.69, 9.17) is 0 Å². The minimum absolute atomic E-state index is 0.0568. The van der Waals surface area contributed by atoms with Crippen LogP contribution in [-0.4, -0.2) is 34.7 Å². The van der Waals surface area contributed by atoms with Crippen LogP contribution in [0.25, 0.3) is 0 Å². The summed E-state index contributed by atoms with van der Waals surface area (Å²) >= 11 is 0. The lowest BCUT2D eigenvalue weighted by Crippen LogP contribution is -2.56. The van der Waals surface area contributed by atoms with Crippen molar-refractivity contribution in [1.29, 1.82) is 0 Å². The van der Waals surface area contributed by atoms with Crippen LogP contribution in [0.2, 0.25) is 0 Å². The van der Waals surface area contributed by atoms with Gasteiger partial charge in [0, 0.05) is 5.54 Å². The van der Waals surface area contributed by atoms with E-state index in [1.807, 2.05) is 0 Å². The molecule has 0 aromatic carbocycles. The predicted molar refractivity (Wildman–Crippen MR) is 74.6 cm³/mol. The van der Waals surface area contributed by atoms with Gasteiger partial charge in [0.05, 0.1) is 6.10 Å². The fourth-order valence-electron chi connectivity index (χ4n) is 4.26. The van der Waals surface area contributed by atoms with E-state index in [-0.39, 0.29) is 11.6 Å². The van der Waals surface area contributed by atoms with E-state index in [9.17, 15) is 5.11 Å². The van der Waals surface area contributed by atoms with Gasteiger partial charge in [-0.1, -0.05) is 32.1 Å². The maximum Gasteiger partial charge on any atom is 0.0723 e. The summed E-state index contributed by atoms with van der Waals surface area (Å²) in [4.78, 5) is 2.67. The molecule has 0 radical (unpaired) electrons. The number of hydrogen-bond donors (Lipinski definition) is 1. The molecular weight excluding hydrogens is 222 g/mol. The van der Waals surface area contributed by atoms with Gasteiger partial charge in [0.2, 0.25) is 0 Å². The van der Waals surface area contributed by atoms with Crippen molar-refractivity contribution >= 4 is 0 Å². The second-order valence-corrected chi connectivity index (χ2v) is 6.89. The van der Waals surface area contributed by atoms with Gasteiger partial charge < -0.3 is 5.11 Å². The van der Waals surface area contributed by atoms with Crippen molar-refractivity contribution in [3.05, 3.63) is 0 Å². The summed E-state index contributed by atoms with van der Waals surface area (Å²) in [6.45, 7) is 2.47. The van der Waals surface area contributed by atoms with E-state index in [0.717, 1.165) is 12.3 Å². The lowest BCUT2D eigenvalue weighted by atomic mass is 9.84. The highest BCUT2D eigenvalue weighted by Crippen LogP contribution is 2.42. The smallest absolute Gasteiger partial charge is 0.0723 e. The first-order valence-electron chi connectivity index (χ1n) is 8.24. The van der Waals surface area contributed by atoms with Crippen LogP contribution in [0.1, 0.15) is 70.6 Å². The second-order valence-electron chi connectivity index (χ2n) is 6.89. The highest BCUT2D eigenvalue weighted by atomic mass is 16.3. The molecular formula is C16H29NO. The van der Waals surface area contributed by atoms with Crippen molar-refractivity contribution in [2.75, 3.05) is 13.1 Å². The molecule has 0 aromatic heterocycles. The molecule has 1 heterocycles. The Labute approximate surface area is 112 Å². The third-order valence-electron chi connectivity index (χ3n) is 5.62. The van der Waals surface area contributed by atoms with Crippen LogP contribution < -0.4 is 0 Å². The van der Waals surface area contributed by atoms with E-state index in [0.29, 0.717) is 0 Å². The predicted octanol–water partition coefficient (Wildman–Crippen LogP) is 3.34. The van der Waals surface area contributed by atoms with Gasteiger partial charge in [-0.15, -0.1) is 0 Å². The molecule has 1 aliphatic heterocycles. The summed E-state index contributed by atoms with van der Waals surface area (Å²) in [5.41, 5.74) is 0.176. The summed E-state index contributed by atoms with van der Waals surface area (Å²) in [6.07, 6.45) is 14.4. The topological polar surface area (TPSA) is 23.5 Å². The lowest BCUT2D eigenvalue weighted by Gasteiger charge is -2.46. The molecule has 3 fully saturated rings. The van der Waals surface area contributed by atoms with Gasteiger partial charge >= 0.3 is 0 Å². The fraction of sp³-hybridized carbons (Fsp3) is 1.00. The molecule has 2 heteroatoms. The first-order chi connectivity index (χ1) is 8.81. The van der Waals surface area contributed by atoms with E-state index in [1.54, 1.807) is 0 Å². The molecule has 1 atom stereocenters. The summed E-state index contributed by atoms with van der Waals surface area (Å²) in [6, 6.07) is 0. The van der Waals surface area contributed by atoms with Gasteiger partial charge in [-0.2, -0.15) is 0 Å². The number of aliphatic hydroxyl groups is 1. The van der Waals surface area contributed by atoms with Gasteiger partial charge in [0.25, 0.3) is 0 Å². The Hall–Kier alpha value is -0.0800. The van der Waals surface area contributed by atoms with Gasteiger partial charge in [0.15, 0.2) is 0 Å². The van der Waals surface area contributed by atoms with Crippen LogP contribution in [-0.2, 0) is 0 Å². The first kappa shape index (κ1) is 12.9. The normalized spacial score (nSPS) is 30.5. The molecule has 1 N–H and O–H groups in total. The van der Waals surface area contributed by atoms with Gasteiger partial charge in [-0.05, 0) is 57.5 Å². The zero-order chi connectivity index (χ0) is 12.4. The molecule has 104 valence electrons. The van der Waals surface area contributed by atoms with E-state index in [2.05, 4.69) is 4.90 Å². The molecule has 2 saturated carbocycles. The van der Waals surface area contributed by atoms with Crippen molar-refractivity contribution in [2.24, 2.45) is 5.92 Å². The first-order valence-corrected chi connectivity index (χ1v) is 8.24. The van der Waals surface area contributed by atoms with Crippen LogP contribution in [0.5, 0.6) is 0 Å². The van der Waals surface area contributed by atoms with Crippen LogP contribution in [0.3, 0.4) is 0 Å². The van der Waals surface area contributed by atoms with E-state index < -0.39 is 0 Å². The molecule has 2 nitrogen and oxygen atoms in total. The molecule has 2 aliphatic carbocycles. The van der Waals surface area contributed by atoms with E-state index >= 15 is 0 Å². The molecule has 0 amide bonds. The largest absolute Gasteiger partial charge is 0.391 e. The monoisotopic (exact) mass is 251 g/mol. The Morgan fingerprint density at radius 1 is 1.00 bits per heavy atom. The van der Waals surface area contributed by atoms with Crippen molar-refractivity contribution in [2.45, 2.75) is 82.3 Å². The molecule has 1 unspecified atom stereocenters. The summed E-state index contributed by atoms with van der Waals surface area (Å²) in [5, 5.41) is 10.8. The Kier molecular flexibility index (Phi) is 3.95. The Morgan fingerprint density at radius 3 is 2.28 bits per heavy atom. The number of piperidine rings is 1. The standard InChI is InChI=1S/C16H29NO/c18-15(9-8-14-6-7-14)16(10-2-3-11-16)17-12-4-1-5-13-17/h14-15,18H,1-13H2. The van der Waals surface area contributed by atoms with Crippen molar-refractivity contribution in [1.82, 2.24) is 4.90 Å². The fourth-order valence-corrected chi connectivity index (χ4v) is 4.26. The average molecular weight is 251 g/mol. The molecule has 0 bridgehead atoms. The Balaban J connectivity index is 1.63. The summed E-state index contributed by atoms with van der Waals surface area (Å²) < 4.78 is 0. The highest BCUT2D eigenvalue weighted by Gasteiger charge is 2.45. The number of hydrogen-bond acceptors (Lipinski definition) is 2. The molecule has 0 aromatic rings. The molecule has 3 aliphatic rings. The summed E-state index contributed by atoms with van der Waals surface area (Å²) in [7, 11) is 0. The molecule has 0 spiro atoms. The second kappa shape index (κ2) is 5.50. The molecule has 18 heavy (non-hydrogen) atoms. The number of nitrogens with zero attached hydrogens (tertiary/aromatic N) is 1. The van der Waals surface area contributed by atoms with Crippen LogP contribution in [0.4, 0.5) is 0 Å². The number of likely N-dealkylation sites (tertiary alicyclic amines) is 1. The maximum atomic E-state index is 10.8. The lowest BCUT2D eigenvalue weighted by molar-refractivity contribution is -0.0434. The SMILES string of the molecule is OC(CCC1CC1)C1(N2CCCCC2)CCCC1. The minimum atomic E-state index is -0.0568. The zero-order valence-electron chi connectivity index (χ0n) is 11.7. The van der Waals surface area contributed by atoms with Crippen molar-refractivity contribution in [3.8, 4) is 0 Å². The van der Waals surface area contributed by atoms with Crippen molar-refractivity contribution < 1.29 is 5.11 Å². The zero-order valence-corrected chi connectivity index (χ0v) is 11.7. The van der Waals surface area contributed by atoms with E-state index in [1.165, 1.54) is 77.3 Å². The Bertz CT molecular complexity index is 262. The average Bonchev–Trinajstić information content (AvgIpc) is 3.11. The van der Waals surface area contributed by atoms with Gasteiger partial charge in [-0.3, -0.25) is 4.90 Å². The quantitative estimate of drug-likeness (QED) is 0.810. The van der Waals surface area contributed by atoms with Crippen LogP contribution in [0, 0.1) is 5.92 Å². The third kappa shape index (κ3) is 2.60. The van der Waals surface area contributed by atoms with Gasteiger partial charge in [0.1, 0.15) is 0 Å². The van der Waals surface area contributed by atoms with Crippen LogP contribution >= 0.6 is 0 Å². The third-order valence-corrected chi connectivity index (χ3v) is 5.62. The minimum Gasteiger partial charge on any atom is -0.391 e. The van der Waals surface area contributed by atoms with Gasteiger partial charge in [-0.25, -0.2) is 0 Å².